The van der Waals surface area contributed by atoms with E-state index in [1.54, 1.807) is 29.2 Å². The molecule has 2 rings (SSSR count). The minimum atomic E-state index is -0.404. The van der Waals surface area contributed by atoms with Crippen molar-refractivity contribution >= 4 is 23.4 Å². The van der Waals surface area contributed by atoms with E-state index in [0.717, 1.165) is 6.42 Å². The number of benzene rings is 1. The van der Waals surface area contributed by atoms with Crippen LogP contribution in [0.2, 0.25) is 0 Å². The van der Waals surface area contributed by atoms with Crippen LogP contribution >= 0.6 is 0 Å². The van der Waals surface area contributed by atoms with Crippen LogP contribution in [0.3, 0.4) is 0 Å². The van der Waals surface area contributed by atoms with Crippen molar-refractivity contribution in [3.8, 4) is 0 Å². The van der Waals surface area contributed by atoms with Crippen molar-refractivity contribution in [2.45, 2.75) is 34.1 Å². The molecule has 0 radical (unpaired) electrons. The number of hydrogen-bond acceptors (Lipinski definition) is 3. The Morgan fingerprint density at radius 2 is 1.48 bits per heavy atom. The van der Waals surface area contributed by atoms with Crippen molar-refractivity contribution in [1.29, 1.82) is 0 Å². The zero-order valence-corrected chi connectivity index (χ0v) is 15.5. The van der Waals surface area contributed by atoms with Gasteiger partial charge in [0.2, 0.25) is 11.8 Å². The second-order valence-electron chi connectivity index (χ2n) is 7.45. The highest BCUT2D eigenvalue weighted by Gasteiger charge is 2.29. The average Bonchev–Trinajstić information content (AvgIpc) is 2.78. The maximum Gasteiger partial charge on any atom is 0.253 e. The van der Waals surface area contributed by atoms with Crippen LogP contribution in [0.15, 0.2) is 24.3 Å². The predicted molar refractivity (Wildman–Crippen MR) is 97.3 cm³/mol. The first-order valence-electron chi connectivity index (χ1n) is 8.65. The molecule has 0 aliphatic carbocycles. The second kappa shape index (κ2) is 7.68. The summed E-state index contributed by atoms with van der Waals surface area (Å²) >= 11 is 0. The van der Waals surface area contributed by atoms with Gasteiger partial charge in [0.1, 0.15) is 0 Å². The Morgan fingerprint density at radius 3 is 2.04 bits per heavy atom. The number of hydrogen-bond donors (Lipinski definition) is 1. The Balaban J connectivity index is 2.01. The van der Waals surface area contributed by atoms with Crippen LogP contribution in [0.25, 0.3) is 0 Å². The van der Waals surface area contributed by atoms with Crippen LogP contribution in [0.5, 0.6) is 0 Å². The number of nitrogens with one attached hydrogen (secondary N) is 1. The molecule has 1 saturated heterocycles. The van der Waals surface area contributed by atoms with Gasteiger partial charge in [-0.2, -0.15) is 0 Å². The maximum absolute atomic E-state index is 12.7. The lowest BCUT2D eigenvalue weighted by atomic mass is 9.94. The zero-order chi connectivity index (χ0) is 18.6. The Hall–Kier alpha value is -2.37. The summed E-state index contributed by atoms with van der Waals surface area (Å²) in [6, 6.07) is 6.89. The number of anilines is 1. The molecule has 6 nitrogen and oxygen atoms in total. The van der Waals surface area contributed by atoms with Crippen molar-refractivity contribution in [3.63, 3.8) is 0 Å². The van der Waals surface area contributed by atoms with Gasteiger partial charge in [0.15, 0.2) is 0 Å². The van der Waals surface area contributed by atoms with Crippen molar-refractivity contribution < 1.29 is 14.4 Å². The highest BCUT2D eigenvalue weighted by molar-refractivity contribution is 5.95. The smallest absolute Gasteiger partial charge is 0.253 e. The molecular weight excluding hydrogens is 318 g/mol. The number of carbonyl (C=O) groups excluding carboxylic acids is 3. The van der Waals surface area contributed by atoms with Crippen LogP contribution in [-0.2, 0) is 9.59 Å². The van der Waals surface area contributed by atoms with Gasteiger partial charge in [-0.15, -0.1) is 0 Å². The summed E-state index contributed by atoms with van der Waals surface area (Å²) in [7, 11) is 0. The molecule has 1 aliphatic rings. The zero-order valence-electron chi connectivity index (χ0n) is 15.5. The first-order valence-corrected chi connectivity index (χ1v) is 8.65. The van der Waals surface area contributed by atoms with E-state index in [2.05, 4.69) is 5.32 Å². The summed E-state index contributed by atoms with van der Waals surface area (Å²) < 4.78 is 0. The molecule has 1 aromatic carbocycles. The van der Waals surface area contributed by atoms with Crippen molar-refractivity contribution in [2.24, 2.45) is 5.41 Å². The van der Waals surface area contributed by atoms with Gasteiger partial charge in [0.05, 0.1) is 0 Å². The Kier molecular flexibility index (Phi) is 5.82. The Morgan fingerprint density at radius 1 is 0.920 bits per heavy atom. The summed E-state index contributed by atoms with van der Waals surface area (Å²) in [5, 5.41) is 2.68. The molecule has 3 amide bonds. The molecule has 25 heavy (non-hydrogen) atoms. The molecule has 0 aromatic heterocycles. The molecule has 1 aromatic rings. The van der Waals surface area contributed by atoms with Crippen LogP contribution in [0, 0.1) is 5.41 Å². The lowest BCUT2D eigenvalue weighted by Crippen LogP contribution is -2.42. The molecule has 0 unspecified atom stereocenters. The van der Waals surface area contributed by atoms with Gasteiger partial charge in [-0.1, -0.05) is 20.8 Å². The van der Waals surface area contributed by atoms with Gasteiger partial charge >= 0.3 is 0 Å². The van der Waals surface area contributed by atoms with Gasteiger partial charge in [-0.3, -0.25) is 14.4 Å². The summed E-state index contributed by atoms with van der Waals surface area (Å²) in [5.41, 5.74) is 0.852. The molecule has 1 aliphatic heterocycles. The first kappa shape index (κ1) is 19.0. The van der Waals surface area contributed by atoms with E-state index in [1.165, 1.54) is 6.92 Å². The lowest BCUT2D eigenvalue weighted by molar-refractivity contribution is -0.139. The molecule has 6 heteroatoms. The normalized spacial score (nSPS) is 15.5. The van der Waals surface area contributed by atoms with Crippen LogP contribution in [-0.4, -0.2) is 53.7 Å². The number of amides is 3. The predicted octanol–water partition coefficient (Wildman–Crippen LogP) is 2.37. The molecule has 1 heterocycles. The summed E-state index contributed by atoms with van der Waals surface area (Å²) in [6.07, 6.45) is 0.775. The number of carbonyl (C=O) groups is 3. The van der Waals surface area contributed by atoms with Crippen LogP contribution < -0.4 is 5.32 Å². The fraction of sp³-hybridized carbons (Fsp3) is 0.526. The van der Waals surface area contributed by atoms with Gasteiger partial charge in [-0.25, -0.2) is 0 Å². The van der Waals surface area contributed by atoms with E-state index >= 15 is 0 Å². The Labute approximate surface area is 149 Å². The molecular formula is C19H27N3O3. The third-order valence-electron chi connectivity index (χ3n) is 4.16. The largest absolute Gasteiger partial charge is 0.340 e. The minimum Gasteiger partial charge on any atom is -0.340 e. The van der Waals surface area contributed by atoms with Gasteiger partial charge in [0.25, 0.3) is 5.91 Å². The number of nitrogens with zero attached hydrogens (tertiary/aromatic N) is 2. The Bertz CT molecular complexity index is 647. The molecule has 1 fully saturated rings. The standard InChI is InChI=1S/C19H27N3O3/c1-14(23)20-16-8-6-15(7-9-16)17(24)21-10-5-11-22(13-12-21)18(25)19(2,3)4/h6-9H,5,10-13H2,1-4H3,(H,20,23). The van der Waals surface area contributed by atoms with E-state index in [0.29, 0.717) is 37.4 Å². The van der Waals surface area contributed by atoms with Gasteiger partial charge < -0.3 is 15.1 Å². The molecule has 1 N–H and O–H groups in total. The molecule has 0 spiro atoms. The SMILES string of the molecule is CC(=O)Nc1ccc(C(=O)N2CCCN(C(=O)C(C)(C)C)CC2)cc1. The minimum absolute atomic E-state index is 0.0422. The summed E-state index contributed by atoms with van der Waals surface area (Å²) in [6.45, 7) is 9.61. The van der Waals surface area contributed by atoms with E-state index in [9.17, 15) is 14.4 Å². The molecule has 0 atom stereocenters. The van der Waals surface area contributed by atoms with Crippen molar-refractivity contribution in [2.75, 3.05) is 31.5 Å². The number of rotatable bonds is 2. The first-order chi connectivity index (χ1) is 11.7. The van der Waals surface area contributed by atoms with E-state index in [-0.39, 0.29) is 17.7 Å². The molecule has 136 valence electrons. The van der Waals surface area contributed by atoms with Crippen LogP contribution in [0.1, 0.15) is 44.5 Å². The van der Waals surface area contributed by atoms with Crippen LogP contribution in [0.4, 0.5) is 5.69 Å². The van der Waals surface area contributed by atoms with Crippen molar-refractivity contribution in [1.82, 2.24) is 9.80 Å². The quantitative estimate of drug-likeness (QED) is 0.894. The van der Waals surface area contributed by atoms with E-state index < -0.39 is 5.41 Å². The summed E-state index contributed by atoms with van der Waals surface area (Å²) in [4.78, 5) is 39.8. The maximum atomic E-state index is 12.7. The van der Waals surface area contributed by atoms with Gasteiger partial charge in [-0.05, 0) is 30.7 Å². The van der Waals surface area contributed by atoms with E-state index in [1.807, 2.05) is 25.7 Å². The third-order valence-corrected chi connectivity index (χ3v) is 4.16. The van der Waals surface area contributed by atoms with Gasteiger partial charge in [0, 0.05) is 49.8 Å². The van der Waals surface area contributed by atoms with E-state index in [4.69, 9.17) is 0 Å². The summed E-state index contributed by atoms with van der Waals surface area (Å²) in [5.74, 6) is -0.0592. The highest BCUT2D eigenvalue weighted by atomic mass is 16.2. The molecule has 0 saturated carbocycles. The highest BCUT2D eigenvalue weighted by Crippen LogP contribution is 2.19. The lowest BCUT2D eigenvalue weighted by Gasteiger charge is -2.28. The fourth-order valence-electron chi connectivity index (χ4n) is 2.88. The third kappa shape index (κ3) is 5.05. The van der Waals surface area contributed by atoms with Crippen molar-refractivity contribution in [3.05, 3.63) is 29.8 Å². The average molecular weight is 345 g/mol. The second-order valence-corrected chi connectivity index (χ2v) is 7.45. The topological polar surface area (TPSA) is 69.7 Å². The molecule has 0 bridgehead atoms. The monoisotopic (exact) mass is 345 g/mol. The fourth-order valence-corrected chi connectivity index (χ4v) is 2.88.